The van der Waals surface area contributed by atoms with Crippen molar-refractivity contribution in [3.63, 3.8) is 0 Å². The number of halogens is 6. The first-order valence-corrected chi connectivity index (χ1v) is 11.0. The van der Waals surface area contributed by atoms with Gasteiger partial charge in [-0.2, -0.15) is 36.4 Å². The zero-order valence-corrected chi connectivity index (χ0v) is 18.9. The van der Waals surface area contributed by atoms with Crippen LogP contribution in [0.1, 0.15) is 25.3 Å². The average molecular weight is 509 g/mol. The average Bonchev–Trinajstić information content (AvgIpc) is 3.32. The van der Waals surface area contributed by atoms with Crippen LogP contribution < -0.4 is 10.6 Å². The standard InChI is InChI=1S/C23H21F6N7/c1-12(34-13(2)22(24,25)26)15-10-33-36-6-3-14(7-18(15)36)16-8-30-19-17(16)9-31-20(35-19)32-11-21(4-5-21)23(27,28)29/h3,6-10,13,34H,1,4-5,11H2,2H3,(H2,30,31,32,35). The Morgan fingerprint density at radius 3 is 2.64 bits per heavy atom. The van der Waals surface area contributed by atoms with E-state index >= 15 is 0 Å². The molecule has 0 radical (unpaired) electrons. The van der Waals surface area contributed by atoms with Crippen LogP contribution in [0.25, 0.3) is 33.4 Å². The van der Waals surface area contributed by atoms with Gasteiger partial charge in [-0.3, -0.25) is 0 Å². The fourth-order valence-electron chi connectivity index (χ4n) is 3.99. The molecule has 3 N–H and O–H groups in total. The first-order valence-electron chi connectivity index (χ1n) is 11.0. The number of hydrogen-bond donors (Lipinski definition) is 3. The molecular formula is C23H21F6N7. The third-order valence-corrected chi connectivity index (χ3v) is 6.51. The van der Waals surface area contributed by atoms with E-state index in [2.05, 4.69) is 37.3 Å². The maximum atomic E-state index is 13.2. The molecule has 36 heavy (non-hydrogen) atoms. The molecule has 0 bridgehead atoms. The van der Waals surface area contributed by atoms with Crippen LogP contribution in [0.3, 0.4) is 0 Å². The molecule has 1 unspecified atom stereocenters. The SMILES string of the molecule is C=C(NC(C)C(F)(F)F)c1cnn2ccc(-c3c[nH]c4nc(NCC5(C(F)(F)F)CC5)ncc34)cc12. The lowest BCUT2D eigenvalue weighted by Gasteiger charge is -2.19. The number of anilines is 1. The van der Waals surface area contributed by atoms with E-state index in [0.717, 1.165) is 6.92 Å². The molecule has 4 heterocycles. The molecule has 0 aliphatic heterocycles. The van der Waals surface area contributed by atoms with Gasteiger partial charge in [0, 0.05) is 47.3 Å². The highest BCUT2D eigenvalue weighted by Crippen LogP contribution is 2.57. The Kier molecular flexibility index (Phi) is 5.41. The van der Waals surface area contributed by atoms with Crippen molar-refractivity contribution >= 4 is 28.2 Å². The smallest absolute Gasteiger partial charge is 0.374 e. The zero-order chi connectivity index (χ0) is 25.9. The summed E-state index contributed by atoms with van der Waals surface area (Å²) in [6.07, 6.45) is -2.26. The quantitative estimate of drug-likeness (QED) is 0.285. The monoisotopic (exact) mass is 509 g/mol. The predicted octanol–water partition coefficient (Wildman–Crippen LogP) is 5.54. The molecule has 1 atom stereocenters. The van der Waals surface area contributed by atoms with Gasteiger partial charge < -0.3 is 15.6 Å². The highest BCUT2D eigenvalue weighted by atomic mass is 19.4. The molecule has 1 saturated carbocycles. The molecule has 1 aliphatic rings. The summed E-state index contributed by atoms with van der Waals surface area (Å²) in [7, 11) is 0. The molecule has 7 nitrogen and oxygen atoms in total. The summed E-state index contributed by atoms with van der Waals surface area (Å²) >= 11 is 0. The van der Waals surface area contributed by atoms with E-state index in [9.17, 15) is 26.3 Å². The Bertz CT molecular complexity index is 1440. The molecule has 1 aliphatic carbocycles. The number of aromatic nitrogens is 5. The van der Waals surface area contributed by atoms with Crippen LogP contribution in [-0.4, -0.2) is 49.5 Å². The largest absolute Gasteiger partial charge is 0.408 e. The number of nitrogens with one attached hydrogen (secondary N) is 3. The number of H-pyrrole nitrogens is 1. The second-order valence-corrected chi connectivity index (χ2v) is 8.98. The molecule has 4 aromatic heterocycles. The minimum Gasteiger partial charge on any atom is -0.374 e. The van der Waals surface area contributed by atoms with E-state index in [1.54, 1.807) is 24.5 Å². The van der Waals surface area contributed by atoms with E-state index in [0.29, 0.717) is 33.2 Å². The normalized spacial score (nSPS) is 16.3. The van der Waals surface area contributed by atoms with E-state index in [1.165, 1.54) is 16.9 Å². The van der Waals surface area contributed by atoms with Crippen LogP contribution in [0.15, 0.2) is 43.5 Å². The van der Waals surface area contributed by atoms with Gasteiger partial charge in [0.1, 0.15) is 11.7 Å². The molecule has 190 valence electrons. The summed E-state index contributed by atoms with van der Waals surface area (Å²) in [5.41, 5.74) is 1.16. The fraction of sp³-hybridized carbons (Fsp3) is 0.348. The van der Waals surface area contributed by atoms with E-state index in [-0.39, 0.29) is 31.0 Å². The summed E-state index contributed by atoms with van der Waals surface area (Å²) in [4.78, 5) is 11.5. The van der Waals surface area contributed by atoms with Gasteiger partial charge in [0.25, 0.3) is 0 Å². The second kappa shape index (κ2) is 8.14. The van der Waals surface area contributed by atoms with Gasteiger partial charge in [0.15, 0.2) is 0 Å². The van der Waals surface area contributed by atoms with Gasteiger partial charge in [-0.25, -0.2) is 9.50 Å². The van der Waals surface area contributed by atoms with Crippen LogP contribution in [-0.2, 0) is 0 Å². The van der Waals surface area contributed by atoms with Crippen molar-refractivity contribution in [2.75, 3.05) is 11.9 Å². The molecule has 4 aromatic rings. The molecular weight excluding hydrogens is 488 g/mol. The first-order chi connectivity index (χ1) is 16.9. The third-order valence-electron chi connectivity index (χ3n) is 6.51. The highest BCUT2D eigenvalue weighted by molar-refractivity contribution is 5.94. The van der Waals surface area contributed by atoms with Gasteiger partial charge in [0.2, 0.25) is 5.95 Å². The van der Waals surface area contributed by atoms with Crippen LogP contribution in [0, 0.1) is 5.41 Å². The summed E-state index contributed by atoms with van der Waals surface area (Å²) in [6.45, 7) is 4.45. The van der Waals surface area contributed by atoms with Crippen molar-refractivity contribution in [3.8, 4) is 11.1 Å². The Hall–Kier alpha value is -3.77. The van der Waals surface area contributed by atoms with Crippen molar-refractivity contribution < 1.29 is 26.3 Å². The van der Waals surface area contributed by atoms with Crippen LogP contribution in [0.5, 0.6) is 0 Å². The lowest BCUT2D eigenvalue weighted by molar-refractivity contribution is -0.182. The maximum absolute atomic E-state index is 13.2. The van der Waals surface area contributed by atoms with Crippen LogP contribution in [0.2, 0.25) is 0 Å². The summed E-state index contributed by atoms with van der Waals surface area (Å²) in [5, 5.41) is 9.87. The van der Waals surface area contributed by atoms with Crippen molar-refractivity contribution in [3.05, 3.63) is 49.1 Å². The van der Waals surface area contributed by atoms with Gasteiger partial charge in [-0.05, 0) is 37.5 Å². The summed E-state index contributed by atoms with van der Waals surface area (Å²) in [6, 6.07) is 1.73. The minimum atomic E-state index is -4.43. The first kappa shape index (κ1) is 23.9. The number of fused-ring (bicyclic) bond motifs is 2. The lowest BCUT2D eigenvalue weighted by Crippen LogP contribution is -2.38. The number of nitrogens with zero attached hydrogens (tertiary/aromatic N) is 4. The van der Waals surface area contributed by atoms with Crippen LogP contribution in [0.4, 0.5) is 32.3 Å². The van der Waals surface area contributed by atoms with Crippen molar-refractivity contribution in [1.29, 1.82) is 0 Å². The Labute approximate surface area is 200 Å². The molecule has 1 fully saturated rings. The topological polar surface area (TPSA) is 82.9 Å². The van der Waals surface area contributed by atoms with Crippen molar-refractivity contribution in [1.82, 2.24) is 29.9 Å². The molecule has 13 heteroatoms. The number of rotatable bonds is 7. The number of alkyl halides is 6. The maximum Gasteiger partial charge on any atom is 0.408 e. The number of pyridine rings is 1. The molecule has 0 amide bonds. The highest BCUT2D eigenvalue weighted by Gasteiger charge is 2.63. The zero-order valence-electron chi connectivity index (χ0n) is 18.9. The van der Waals surface area contributed by atoms with Gasteiger partial charge >= 0.3 is 12.4 Å². The number of hydrogen-bond acceptors (Lipinski definition) is 5. The molecule has 0 aromatic carbocycles. The van der Waals surface area contributed by atoms with Crippen molar-refractivity contribution in [2.45, 2.75) is 38.2 Å². The van der Waals surface area contributed by atoms with Crippen molar-refractivity contribution in [2.24, 2.45) is 5.41 Å². The number of aromatic amines is 1. The van der Waals surface area contributed by atoms with E-state index < -0.39 is 23.8 Å². The predicted molar refractivity (Wildman–Crippen MR) is 122 cm³/mol. The Morgan fingerprint density at radius 2 is 1.97 bits per heavy atom. The van der Waals surface area contributed by atoms with Gasteiger partial charge in [-0.15, -0.1) is 0 Å². The Balaban J connectivity index is 1.40. The third kappa shape index (κ3) is 4.22. The molecule has 5 rings (SSSR count). The summed E-state index contributed by atoms with van der Waals surface area (Å²) < 4.78 is 79.9. The molecule has 0 spiro atoms. The second-order valence-electron chi connectivity index (χ2n) is 8.98. The minimum absolute atomic E-state index is 0.0779. The Morgan fingerprint density at radius 1 is 1.22 bits per heavy atom. The molecule has 0 saturated heterocycles. The van der Waals surface area contributed by atoms with E-state index in [4.69, 9.17) is 0 Å². The van der Waals surface area contributed by atoms with Crippen LogP contribution >= 0.6 is 0 Å². The van der Waals surface area contributed by atoms with Gasteiger partial charge in [-0.1, -0.05) is 6.58 Å². The lowest BCUT2D eigenvalue weighted by atomic mass is 10.1. The van der Waals surface area contributed by atoms with E-state index in [1.807, 2.05) is 0 Å². The fourth-order valence-corrected chi connectivity index (χ4v) is 3.99. The van der Waals surface area contributed by atoms with Gasteiger partial charge in [0.05, 0.1) is 17.1 Å². The summed E-state index contributed by atoms with van der Waals surface area (Å²) in [5.74, 6) is 0.0844.